The molecule has 1 aliphatic carbocycles. The fraction of sp³-hybridized carbons (Fsp3) is 1.00. The van der Waals surface area contributed by atoms with Gasteiger partial charge in [0.2, 0.25) is 0 Å². The van der Waals surface area contributed by atoms with Gasteiger partial charge < -0.3 is 9.84 Å². The number of rotatable bonds is 2. The Morgan fingerprint density at radius 1 is 1.40 bits per heavy atom. The van der Waals surface area contributed by atoms with Crippen molar-refractivity contribution in [1.82, 2.24) is 4.90 Å². The molecule has 3 heteroatoms. The Labute approximate surface area is 92.4 Å². The predicted molar refractivity (Wildman–Crippen MR) is 59.6 cm³/mol. The van der Waals surface area contributed by atoms with E-state index in [0.29, 0.717) is 6.10 Å². The molecule has 2 rings (SSSR count). The van der Waals surface area contributed by atoms with E-state index in [4.69, 9.17) is 4.74 Å². The molecule has 0 amide bonds. The number of hydrogen-bond donors (Lipinski definition) is 1. The van der Waals surface area contributed by atoms with Crippen LogP contribution in [0, 0.1) is 0 Å². The maximum absolute atomic E-state index is 9.52. The summed E-state index contributed by atoms with van der Waals surface area (Å²) >= 11 is 0. The quantitative estimate of drug-likeness (QED) is 0.758. The summed E-state index contributed by atoms with van der Waals surface area (Å²) < 4.78 is 6.12. The Morgan fingerprint density at radius 2 is 2.07 bits per heavy atom. The minimum absolute atomic E-state index is 0.0331. The zero-order valence-corrected chi connectivity index (χ0v) is 9.91. The lowest BCUT2D eigenvalue weighted by molar-refractivity contribution is -0.129. The molecule has 2 fully saturated rings. The van der Waals surface area contributed by atoms with Crippen LogP contribution in [0.15, 0.2) is 0 Å². The van der Waals surface area contributed by atoms with Gasteiger partial charge in [-0.1, -0.05) is 6.42 Å². The van der Waals surface area contributed by atoms with E-state index in [9.17, 15) is 5.11 Å². The summed E-state index contributed by atoms with van der Waals surface area (Å²) in [5, 5.41) is 9.52. The van der Waals surface area contributed by atoms with Crippen LogP contribution in [0.25, 0.3) is 0 Å². The highest BCUT2D eigenvalue weighted by Gasteiger charge is 2.45. The zero-order chi connectivity index (χ0) is 10.9. The van der Waals surface area contributed by atoms with Gasteiger partial charge in [0.1, 0.15) is 5.72 Å². The molecule has 88 valence electrons. The molecule has 3 nitrogen and oxygen atoms in total. The van der Waals surface area contributed by atoms with Crippen molar-refractivity contribution in [2.24, 2.45) is 0 Å². The number of aliphatic hydroxyl groups is 1. The van der Waals surface area contributed by atoms with Crippen molar-refractivity contribution >= 4 is 0 Å². The van der Waals surface area contributed by atoms with E-state index in [1.165, 1.54) is 19.3 Å². The SMILES string of the molecule is CC(O)CN1CC(C)OC12CCCCC2. The average Bonchev–Trinajstić information content (AvgIpc) is 2.43. The van der Waals surface area contributed by atoms with Crippen LogP contribution >= 0.6 is 0 Å². The van der Waals surface area contributed by atoms with Crippen molar-refractivity contribution in [2.45, 2.75) is 63.9 Å². The lowest BCUT2D eigenvalue weighted by Crippen LogP contribution is -2.48. The third-order valence-corrected chi connectivity index (χ3v) is 3.59. The summed E-state index contributed by atoms with van der Waals surface area (Å²) in [6.45, 7) is 5.73. The van der Waals surface area contributed by atoms with E-state index in [1.54, 1.807) is 0 Å². The molecule has 1 spiro atoms. The van der Waals surface area contributed by atoms with Crippen LogP contribution < -0.4 is 0 Å². The normalized spacial score (nSPS) is 33.4. The highest BCUT2D eigenvalue weighted by molar-refractivity contribution is 4.92. The molecule has 0 aromatic rings. The molecule has 15 heavy (non-hydrogen) atoms. The van der Waals surface area contributed by atoms with Gasteiger partial charge in [-0.25, -0.2) is 0 Å². The second kappa shape index (κ2) is 4.40. The van der Waals surface area contributed by atoms with Gasteiger partial charge in [-0.05, 0) is 39.5 Å². The fourth-order valence-electron chi connectivity index (χ4n) is 3.06. The Morgan fingerprint density at radius 3 is 2.67 bits per heavy atom. The van der Waals surface area contributed by atoms with E-state index in [2.05, 4.69) is 11.8 Å². The Bertz CT molecular complexity index is 212. The molecule has 2 aliphatic rings. The van der Waals surface area contributed by atoms with Crippen LogP contribution in [-0.4, -0.2) is 41.0 Å². The Balaban J connectivity index is 2.05. The second-order valence-electron chi connectivity index (χ2n) is 5.19. The van der Waals surface area contributed by atoms with Gasteiger partial charge in [-0.3, -0.25) is 4.90 Å². The molecule has 0 bridgehead atoms. The number of nitrogens with zero attached hydrogens (tertiary/aromatic N) is 1. The van der Waals surface area contributed by atoms with Crippen molar-refractivity contribution in [3.05, 3.63) is 0 Å². The van der Waals surface area contributed by atoms with E-state index in [-0.39, 0.29) is 11.8 Å². The summed E-state index contributed by atoms with van der Waals surface area (Å²) in [6.07, 6.45) is 6.22. The third-order valence-electron chi connectivity index (χ3n) is 3.59. The Hall–Kier alpha value is -0.120. The lowest BCUT2D eigenvalue weighted by Gasteiger charge is -2.40. The first kappa shape index (κ1) is 11.4. The molecule has 1 heterocycles. The van der Waals surface area contributed by atoms with Crippen molar-refractivity contribution in [2.75, 3.05) is 13.1 Å². The molecular formula is C12H23NO2. The molecule has 0 radical (unpaired) electrons. The van der Waals surface area contributed by atoms with Gasteiger partial charge in [-0.2, -0.15) is 0 Å². The summed E-state index contributed by atoms with van der Waals surface area (Å²) in [5.41, 5.74) is -0.0331. The van der Waals surface area contributed by atoms with Gasteiger partial charge in [0, 0.05) is 13.1 Å². The highest BCUT2D eigenvalue weighted by Crippen LogP contribution is 2.39. The Kier molecular flexibility index (Phi) is 3.33. The van der Waals surface area contributed by atoms with Crippen LogP contribution in [0.3, 0.4) is 0 Å². The first-order valence-corrected chi connectivity index (χ1v) is 6.23. The van der Waals surface area contributed by atoms with E-state index >= 15 is 0 Å². The molecule has 0 aromatic heterocycles. The monoisotopic (exact) mass is 213 g/mol. The fourth-order valence-corrected chi connectivity index (χ4v) is 3.06. The van der Waals surface area contributed by atoms with Crippen molar-refractivity contribution in [3.8, 4) is 0 Å². The van der Waals surface area contributed by atoms with E-state index < -0.39 is 0 Å². The summed E-state index contributed by atoms with van der Waals surface area (Å²) in [7, 11) is 0. The largest absolute Gasteiger partial charge is 0.392 e. The molecular weight excluding hydrogens is 190 g/mol. The lowest BCUT2D eigenvalue weighted by atomic mass is 9.90. The van der Waals surface area contributed by atoms with Crippen molar-refractivity contribution in [1.29, 1.82) is 0 Å². The number of aliphatic hydroxyl groups excluding tert-OH is 1. The molecule has 2 unspecified atom stereocenters. The van der Waals surface area contributed by atoms with Gasteiger partial charge in [0.25, 0.3) is 0 Å². The van der Waals surface area contributed by atoms with Gasteiger partial charge >= 0.3 is 0 Å². The van der Waals surface area contributed by atoms with Gasteiger partial charge in [0.05, 0.1) is 12.2 Å². The molecule has 0 aromatic carbocycles. The summed E-state index contributed by atoms with van der Waals surface area (Å²) in [4.78, 5) is 2.36. The number of ether oxygens (including phenoxy) is 1. The maximum atomic E-state index is 9.52. The number of hydrogen-bond acceptors (Lipinski definition) is 3. The van der Waals surface area contributed by atoms with Crippen LogP contribution in [-0.2, 0) is 4.74 Å². The highest BCUT2D eigenvalue weighted by atomic mass is 16.5. The topological polar surface area (TPSA) is 32.7 Å². The predicted octanol–water partition coefficient (Wildman–Crippen LogP) is 1.75. The summed E-state index contributed by atoms with van der Waals surface area (Å²) in [6, 6.07) is 0. The van der Waals surface area contributed by atoms with E-state index in [0.717, 1.165) is 25.9 Å². The smallest absolute Gasteiger partial charge is 0.122 e. The maximum Gasteiger partial charge on any atom is 0.122 e. The van der Waals surface area contributed by atoms with E-state index in [1.807, 2.05) is 6.92 Å². The minimum Gasteiger partial charge on any atom is -0.392 e. The second-order valence-corrected chi connectivity index (χ2v) is 5.19. The van der Waals surface area contributed by atoms with Crippen LogP contribution in [0.1, 0.15) is 46.0 Å². The molecule has 1 N–H and O–H groups in total. The molecule has 2 atom stereocenters. The van der Waals surface area contributed by atoms with Crippen molar-refractivity contribution < 1.29 is 9.84 Å². The molecule has 1 aliphatic heterocycles. The minimum atomic E-state index is -0.252. The molecule has 1 saturated heterocycles. The first-order chi connectivity index (χ1) is 7.12. The standard InChI is InChI=1S/C12H23NO2/c1-10(14)8-13-9-11(2)15-12(13)6-4-3-5-7-12/h10-11,14H,3-9H2,1-2H3. The van der Waals surface area contributed by atoms with Crippen LogP contribution in [0.4, 0.5) is 0 Å². The molecule has 1 saturated carbocycles. The van der Waals surface area contributed by atoms with Crippen LogP contribution in [0.5, 0.6) is 0 Å². The summed E-state index contributed by atoms with van der Waals surface area (Å²) in [5.74, 6) is 0. The van der Waals surface area contributed by atoms with Crippen LogP contribution in [0.2, 0.25) is 0 Å². The third kappa shape index (κ3) is 2.35. The van der Waals surface area contributed by atoms with Crippen molar-refractivity contribution in [3.63, 3.8) is 0 Å². The van der Waals surface area contributed by atoms with Gasteiger partial charge in [-0.15, -0.1) is 0 Å². The zero-order valence-electron chi connectivity index (χ0n) is 9.91. The first-order valence-electron chi connectivity index (χ1n) is 6.23. The van der Waals surface area contributed by atoms with Gasteiger partial charge in [0.15, 0.2) is 0 Å². The average molecular weight is 213 g/mol. The number of β-amino-alcohol motifs (C(OH)–C–C–N with tert-alkyl or cyclic N) is 1.